The highest BCUT2D eigenvalue weighted by Crippen LogP contribution is 2.41. The summed E-state index contributed by atoms with van der Waals surface area (Å²) in [5, 5.41) is 10.9. The van der Waals surface area contributed by atoms with E-state index in [1.807, 2.05) is 0 Å². The lowest BCUT2D eigenvalue weighted by molar-refractivity contribution is -0.137. The van der Waals surface area contributed by atoms with Crippen LogP contribution in [0.3, 0.4) is 0 Å². The number of nitrogens with zero attached hydrogens (tertiary/aromatic N) is 6. The van der Waals surface area contributed by atoms with Crippen LogP contribution in [0.1, 0.15) is 16.7 Å². The molecule has 5 aromatic rings. The lowest BCUT2D eigenvalue weighted by Gasteiger charge is -2.15. The van der Waals surface area contributed by atoms with Crippen molar-refractivity contribution in [1.29, 1.82) is 0 Å². The van der Waals surface area contributed by atoms with Crippen molar-refractivity contribution in [2.75, 3.05) is 11.9 Å². The SMILES string of the molecule is Fc1ccc2c(c1CNc1ncc(-c3c(C(F)(F)F)ccc4nsnc34)c3nncn13)CCO2. The molecular weight excluding hydrogens is 474 g/mol. The van der Waals surface area contributed by atoms with E-state index in [0.29, 0.717) is 29.9 Å². The standard InChI is InChI=1S/C21H13F4N7OS/c22-14-2-4-16-10(5-6-33-16)11(14)7-26-20-27-8-12(19-29-28-9-32(19)20)17-13(21(23,24)25)1-3-15-18(17)31-34-30-15/h1-4,8-9H,5-7H2,(H,26,27). The van der Waals surface area contributed by atoms with Crippen LogP contribution in [-0.2, 0) is 19.1 Å². The summed E-state index contributed by atoms with van der Waals surface area (Å²) < 4.78 is 71.1. The van der Waals surface area contributed by atoms with Gasteiger partial charge in [0.2, 0.25) is 5.95 Å². The molecule has 0 fully saturated rings. The molecule has 34 heavy (non-hydrogen) atoms. The van der Waals surface area contributed by atoms with Gasteiger partial charge in [0.15, 0.2) is 5.65 Å². The van der Waals surface area contributed by atoms with Gasteiger partial charge in [-0.2, -0.15) is 21.9 Å². The van der Waals surface area contributed by atoms with Crippen molar-refractivity contribution in [1.82, 2.24) is 28.3 Å². The van der Waals surface area contributed by atoms with Crippen molar-refractivity contribution in [2.24, 2.45) is 0 Å². The van der Waals surface area contributed by atoms with Crippen LogP contribution in [0.25, 0.3) is 27.8 Å². The lowest BCUT2D eigenvalue weighted by Crippen LogP contribution is -2.11. The molecule has 0 saturated heterocycles. The fourth-order valence-corrected chi connectivity index (χ4v) is 4.70. The number of anilines is 1. The first-order valence-corrected chi connectivity index (χ1v) is 10.8. The van der Waals surface area contributed by atoms with Gasteiger partial charge >= 0.3 is 6.18 Å². The van der Waals surface area contributed by atoms with E-state index in [-0.39, 0.29) is 40.6 Å². The van der Waals surface area contributed by atoms with E-state index in [0.717, 1.165) is 23.4 Å². The van der Waals surface area contributed by atoms with Crippen LogP contribution in [0.15, 0.2) is 36.8 Å². The smallest absolute Gasteiger partial charge is 0.417 e. The van der Waals surface area contributed by atoms with E-state index in [1.54, 1.807) is 6.07 Å². The molecule has 0 unspecified atom stereocenters. The third kappa shape index (κ3) is 3.22. The zero-order chi connectivity index (χ0) is 23.4. The van der Waals surface area contributed by atoms with E-state index < -0.39 is 11.7 Å². The van der Waals surface area contributed by atoms with Gasteiger partial charge in [0.05, 0.1) is 23.9 Å². The van der Waals surface area contributed by atoms with Crippen molar-refractivity contribution in [3.05, 3.63) is 59.3 Å². The Morgan fingerprint density at radius 3 is 2.88 bits per heavy atom. The largest absolute Gasteiger partial charge is 0.493 e. The molecule has 0 amide bonds. The minimum atomic E-state index is -4.63. The summed E-state index contributed by atoms with van der Waals surface area (Å²) in [6, 6.07) is 5.19. The van der Waals surface area contributed by atoms with E-state index >= 15 is 0 Å². The van der Waals surface area contributed by atoms with Crippen LogP contribution in [0.4, 0.5) is 23.5 Å². The van der Waals surface area contributed by atoms with Gasteiger partial charge in [0.25, 0.3) is 0 Å². The average Bonchev–Trinajstić information content (AvgIpc) is 3.57. The second kappa shape index (κ2) is 7.58. The number of rotatable bonds is 4. The molecule has 1 aliphatic rings. The molecule has 6 rings (SSSR count). The van der Waals surface area contributed by atoms with Gasteiger partial charge < -0.3 is 10.1 Å². The monoisotopic (exact) mass is 487 g/mol. The molecule has 4 heterocycles. The summed E-state index contributed by atoms with van der Waals surface area (Å²) in [4.78, 5) is 4.31. The number of ether oxygens (including phenoxy) is 1. The number of fused-ring (bicyclic) bond motifs is 3. The summed E-state index contributed by atoms with van der Waals surface area (Å²) in [7, 11) is 0. The Kier molecular flexibility index (Phi) is 4.62. The fraction of sp³-hybridized carbons (Fsp3) is 0.190. The first-order valence-electron chi connectivity index (χ1n) is 10.1. The fourth-order valence-electron chi connectivity index (χ4n) is 4.16. The first kappa shape index (κ1) is 20.7. The van der Waals surface area contributed by atoms with Gasteiger partial charge in [-0.05, 0) is 24.3 Å². The van der Waals surface area contributed by atoms with Crippen molar-refractivity contribution in [3.63, 3.8) is 0 Å². The Hall–Kier alpha value is -3.87. The highest BCUT2D eigenvalue weighted by atomic mass is 32.1. The molecule has 8 nitrogen and oxygen atoms in total. The highest BCUT2D eigenvalue weighted by Gasteiger charge is 2.36. The summed E-state index contributed by atoms with van der Waals surface area (Å²) in [5.41, 5.74) is 0.875. The van der Waals surface area contributed by atoms with Gasteiger partial charge in [0.1, 0.15) is 28.9 Å². The Labute approximate surface area is 192 Å². The maximum Gasteiger partial charge on any atom is 0.417 e. The number of alkyl halides is 3. The zero-order valence-corrected chi connectivity index (χ0v) is 17.9. The Morgan fingerprint density at radius 1 is 1.15 bits per heavy atom. The molecule has 0 saturated carbocycles. The molecular formula is C21H13F4N7OS. The van der Waals surface area contributed by atoms with Crippen LogP contribution in [-0.4, -0.2) is 34.9 Å². The lowest BCUT2D eigenvalue weighted by atomic mass is 9.99. The molecule has 3 aromatic heterocycles. The second-order valence-corrected chi connectivity index (χ2v) is 8.12. The summed E-state index contributed by atoms with van der Waals surface area (Å²) in [5.74, 6) is 0.503. The molecule has 0 spiro atoms. The summed E-state index contributed by atoms with van der Waals surface area (Å²) >= 11 is 0.820. The molecule has 172 valence electrons. The maximum absolute atomic E-state index is 14.5. The Bertz CT molecular complexity index is 1560. The number of hydrogen-bond acceptors (Lipinski definition) is 8. The summed E-state index contributed by atoms with van der Waals surface area (Å²) in [6.07, 6.45) is -1.43. The average molecular weight is 487 g/mol. The van der Waals surface area contributed by atoms with Crippen molar-refractivity contribution < 1.29 is 22.3 Å². The quantitative estimate of drug-likeness (QED) is 0.373. The van der Waals surface area contributed by atoms with Crippen LogP contribution < -0.4 is 10.1 Å². The minimum absolute atomic E-state index is 0.0946. The third-order valence-electron chi connectivity index (χ3n) is 5.70. The minimum Gasteiger partial charge on any atom is -0.493 e. The van der Waals surface area contributed by atoms with Gasteiger partial charge in [0, 0.05) is 41.4 Å². The Morgan fingerprint density at radius 2 is 2.03 bits per heavy atom. The topological polar surface area (TPSA) is 90.1 Å². The molecule has 0 radical (unpaired) electrons. The molecule has 0 atom stereocenters. The van der Waals surface area contributed by atoms with Gasteiger partial charge in [-0.3, -0.25) is 4.40 Å². The van der Waals surface area contributed by atoms with Crippen LogP contribution >= 0.6 is 11.7 Å². The molecule has 13 heteroatoms. The van der Waals surface area contributed by atoms with Crippen molar-refractivity contribution in [3.8, 4) is 16.9 Å². The van der Waals surface area contributed by atoms with Crippen molar-refractivity contribution >= 4 is 34.4 Å². The van der Waals surface area contributed by atoms with Crippen LogP contribution in [0.5, 0.6) is 5.75 Å². The number of aromatic nitrogens is 6. The van der Waals surface area contributed by atoms with Gasteiger partial charge in [-0.15, -0.1) is 10.2 Å². The number of halogens is 4. The van der Waals surface area contributed by atoms with E-state index in [1.165, 1.54) is 29.1 Å². The highest BCUT2D eigenvalue weighted by molar-refractivity contribution is 7.00. The normalized spacial score (nSPS) is 13.4. The molecule has 0 bridgehead atoms. The Balaban J connectivity index is 1.45. The summed E-state index contributed by atoms with van der Waals surface area (Å²) in [6.45, 7) is 0.574. The van der Waals surface area contributed by atoms with E-state index in [4.69, 9.17) is 4.74 Å². The zero-order valence-electron chi connectivity index (χ0n) is 17.1. The maximum atomic E-state index is 14.5. The van der Waals surface area contributed by atoms with Crippen molar-refractivity contribution in [2.45, 2.75) is 19.1 Å². The van der Waals surface area contributed by atoms with Crippen LogP contribution in [0.2, 0.25) is 0 Å². The number of benzene rings is 2. The van der Waals surface area contributed by atoms with E-state index in [2.05, 4.69) is 29.2 Å². The second-order valence-electron chi connectivity index (χ2n) is 7.59. The molecule has 1 N–H and O–H groups in total. The first-order chi connectivity index (χ1) is 16.4. The number of nitrogens with one attached hydrogen (secondary N) is 1. The predicted octanol–water partition coefficient (Wildman–Crippen LogP) is 4.50. The number of hydrogen-bond donors (Lipinski definition) is 1. The molecule has 1 aliphatic heterocycles. The molecule has 2 aromatic carbocycles. The molecule has 0 aliphatic carbocycles. The van der Waals surface area contributed by atoms with E-state index in [9.17, 15) is 17.6 Å². The predicted molar refractivity (Wildman–Crippen MR) is 115 cm³/mol. The van der Waals surface area contributed by atoms with Gasteiger partial charge in [-0.1, -0.05) is 0 Å². The van der Waals surface area contributed by atoms with Crippen LogP contribution in [0, 0.1) is 5.82 Å². The van der Waals surface area contributed by atoms with Gasteiger partial charge in [-0.25, -0.2) is 9.37 Å². The third-order valence-corrected chi connectivity index (χ3v) is 6.24.